The minimum absolute atomic E-state index is 0.0148. The zero-order valence-electron chi connectivity index (χ0n) is 13.6. The van der Waals surface area contributed by atoms with Gasteiger partial charge in [0.15, 0.2) is 0 Å². The van der Waals surface area contributed by atoms with Gasteiger partial charge in [0.2, 0.25) is 5.78 Å². The Morgan fingerprint density at radius 3 is 2.54 bits per heavy atom. The van der Waals surface area contributed by atoms with Gasteiger partial charge in [0.25, 0.3) is 5.69 Å². The van der Waals surface area contributed by atoms with E-state index in [9.17, 15) is 28.1 Å². The summed E-state index contributed by atoms with van der Waals surface area (Å²) in [6, 6.07) is 6.91. The fourth-order valence-electron chi connectivity index (χ4n) is 2.57. The number of aromatic amines is 1. The molecule has 6 nitrogen and oxygen atoms in total. The number of carbonyl (C=O) groups is 1. The van der Waals surface area contributed by atoms with Crippen molar-refractivity contribution in [1.29, 1.82) is 0 Å². The van der Waals surface area contributed by atoms with Crippen molar-refractivity contribution < 1.29 is 22.9 Å². The van der Waals surface area contributed by atoms with Gasteiger partial charge in [0, 0.05) is 22.3 Å². The Morgan fingerprint density at radius 2 is 1.89 bits per heavy atom. The number of halogens is 5. The number of rotatable bonds is 4. The van der Waals surface area contributed by atoms with Crippen LogP contribution in [0.15, 0.2) is 47.1 Å². The molecule has 2 aromatic carbocycles. The molecule has 0 fully saturated rings. The minimum Gasteiger partial charge on any atom is -0.288 e. The number of benzene rings is 2. The number of nitrogens with one attached hydrogen (secondary N) is 1. The number of ketones is 1. The number of aromatic nitrogens is 2. The van der Waals surface area contributed by atoms with Crippen molar-refractivity contribution in [2.75, 3.05) is 0 Å². The molecule has 0 atom stereocenters. The molecule has 0 aliphatic heterocycles. The van der Waals surface area contributed by atoms with Crippen LogP contribution in [-0.4, -0.2) is 20.9 Å². The predicted octanol–water partition coefficient (Wildman–Crippen LogP) is 5.65. The van der Waals surface area contributed by atoms with Crippen LogP contribution in [0.3, 0.4) is 0 Å². The molecule has 0 radical (unpaired) electrons. The highest BCUT2D eigenvalue weighted by Crippen LogP contribution is 2.38. The van der Waals surface area contributed by atoms with Crippen molar-refractivity contribution >= 4 is 39.0 Å². The average Bonchev–Trinajstić information content (AvgIpc) is 3.09. The smallest absolute Gasteiger partial charge is 0.288 e. The molecule has 11 heteroatoms. The molecule has 144 valence electrons. The molecule has 0 saturated carbocycles. The van der Waals surface area contributed by atoms with Gasteiger partial charge in [-0.1, -0.05) is 33.6 Å². The van der Waals surface area contributed by atoms with Crippen LogP contribution >= 0.6 is 27.5 Å². The molecule has 0 bridgehead atoms. The first-order valence-electron chi connectivity index (χ1n) is 7.49. The summed E-state index contributed by atoms with van der Waals surface area (Å²) in [5, 5.41) is 17.0. The molecule has 0 aliphatic carbocycles. The molecule has 0 saturated heterocycles. The lowest BCUT2D eigenvalue weighted by Gasteiger charge is -2.11. The predicted molar refractivity (Wildman–Crippen MR) is 98.3 cm³/mol. The van der Waals surface area contributed by atoms with Crippen LogP contribution in [0.4, 0.5) is 18.9 Å². The van der Waals surface area contributed by atoms with Gasteiger partial charge < -0.3 is 0 Å². The molecule has 0 unspecified atom stereocenters. The van der Waals surface area contributed by atoms with Crippen molar-refractivity contribution in [3.63, 3.8) is 0 Å². The Hall–Kier alpha value is -2.72. The third-order valence-corrected chi connectivity index (χ3v) is 4.65. The highest BCUT2D eigenvalue weighted by molar-refractivity contribution is 9.10. The maximum Gasteiger partial charge on any atom is 0.417 e. The first-order valence-corrected chi connectivity index (χ1v) is 8.66. The van der Waals surface area contributed by atoms with Gasteiger partial charge in [0.05, 0.1) is 21.1 Å². The van der Waals surface area contributed by atoms with Gasteiger partial charge in [-0.3, -0.25) is 20.0 Å². The molecule has 0 spiro atoms. The summed E-state index contributed by atoms with van der Waals surface area (Å²) < 4.78 is 39.8. The average molecular weight is 475 g/mol. The maximum absolute atomic E-state index is 13.1. The van der Waals surface area contributed by atoms with E-state index in [4.69, 9.17) is 11.6 Å². The fraction of sp³-hybridized carbons (Fsp3) is 0.0588. The molecule has 1 heterocycles. The number of carbonyl (C=O) groups excluding carboxylic acids is 1. The third-order valence-electron chi connectivity index (χ3n) is 3.83. The van der Waals surface area contributed by atoms with Gasteiger partial charge in [-0.2, -0.15) is 18.3 Å². The molecule has 1 N–H and O–H groups in total. The van der Waals surface area contributed by atoms with Crippen LogP contribution in [-0.2, 0) is 6.18 Å². The second-order valence-corrected chi connectivity index (χ2v) is 6.91. The van der Waals surface area contributed by atoms with E-state index in [-0.39, 0.29) is 22.4 Å². The fourth-order valence-corrected chi connectivity index (χ4v) is 3.15. The van der Waals surface area contributed by atoms with Crippen LogP contribution < -0.4 is 0 Å². The number of hydrogen-bond acceptors (Lipinski definition) is 4. The van der Waals surface area contributed by atoms with Crippen molar-refractivity contribution in [2.24, 2.45) is 0 Å². The number of nitro benzene ring substituents is 1. The van der Waals surface area contributed by atoms with E-state index in [1.54, 1.807) is 0 Å². The summed E-state index contributed by atoms with van der Waals surface area (Å²) in [5.74, 6) is -0.764. The lowest BCUT2D eigenvalue weighted by atomic mass is 9.98. The van der Waals surface area contributed by atoms with Crippen LogP contribution in [0.1, 0.15) is 21.5 Å². The van der Waals surface area contributed by atoms with Gasteiger partial charge >= 0.3 is 6.18 Å². The number of H-pyrrole nitrogens is 1. The molecular formula is C17H8BrClF3N3O3. The maximum atomic E-state index is 13.1. The van der Waals surface area contributed by atoms with E-state index in [0.29, 0.717) is 4.47 Å². The van der Waals surface area contributed by atoms with Crippen LogP contribution in [0, 0.1) is 10.1 Å². The third kappa shape index (κ3) is 3.78. The summed E-state index contributed by atoms with van der Waals surface area (Å²) in [6.07, 6.45) is -3.53. The lowest BCUT2D eigenvalue weighted by Crippen LogP contribution is -2.08. The monoisotopic (exact) mass is 473 g/mol. The molecular weight excluding hydrogens is 467 g/mol. The summed E-state index contributed by atoms with van der Waals surface area (Å²) in [7, 11) is 0. The summed E-state index contributed by atoms with van der Waals surface area (Å²) in [6.45, 7) is 0. The van der Waals surface area contributed by atoms with Crippen LogP contribution in [0.25, 0.3) is 11.3 Å². The number of hydrogen-bond donors (Lipinski definition) is 1. The largest absolute Gasteiger partial charge is 0.417 e. The molecule has 28 heavy (non-hydrogen) atoms. The van der Waals surface area contributed by atoms with Gasteiger partial charge in [-0.25, -0.2) is 0 Å². The van der Waals surface area contributed by atoms with Crippen molar-refractivity contribution in [2.45, 2.75) is 6.18 Å². The molecule has 1 aromatic heterocycles. The Bertz CT molecular complexity index is 1100. The molecule has 0 amide bonds. The summed E-state index contributed by atoms with van der Waals surface area (Å²) in [5.41, 5.74) is -1.96. The Kier molecular flexibility index (Phi) is 5.26. The summed E-state index contributed by atoms with van der Waals surface area (Å²) >= 11 is 8.76. The molecule has 3 aromatic rings. The van der Waals surface area contributed by atoms with E-state index >= 15 is 0 Å². The Balaban J connectivity index is 2.13. The normalized spacial score (nSPS) is 11.5. The zero-order chi connectivity index (χ0) is 20.6. The second-order valence-electron chi connectivity index (χ2n) is 5.59. The SMILES string of the molecule is O=C(c1cc(Br)ccc1[N+](=O)[O-])c1c[nH]nc1-c1ccc(Cl)c(C(F)(F)F)c1. The quantitative estimate of drug-likeness (QED) is 0.301. The van der Waals surface area contributed by atoms with Crippen molar-refractivity contribution in [1.82, 2.24) is 10.2 Å². The first-order chi connectivity index (χ1) is 13.1. The topological polar surface area (TPSA) is 88.9 Å². The van der Waals surface area contributed by atoms with E-state index in [0.717, 1.165) is 18.2 Å². The number of alkyl halides is 3. The number of nitrogens with zero attached hydrogens (tertiary/aromatic N) is 2. The minimum atomic E-state index is -4.70. The van der Waals surface area contributed by atoms with Crippen LogP contribution in [0.5, 0.6) is 0 Å². The van der Waals surface area contributed by atoms with Gasteiger partial charge in [0.1, 0.15) is 11.3 Å². The Labute approximate surface area is 168 Å². The van der Waals surface area contributed by atoms with E-state index in [1.165, 1.54) is 24.4 Å². The molecule has 3 rings (SSSR count). The van der Waals surface area contributed by atoms with Crippen LogP contribution in [0.2, 0.25) is 5.02 Å². The van der Waals surface area contributed by atoms with Gasteiger partial charge in [-0.05, 0) is 24.3 Å². The summed E-state index contributed by atoms with van der Waals surface area (Å²) in [4.78, 5) is 23.4. The standard InChI is InChI=1S/C17H8BrClF3N3O3/c18-9-2-4-14(25(27)28)10(6-9)16(26)11-7-23-24-15(11)8-1-3-13(19)12(5-8)17(20,21)22/h1-7H,(H,23,24). The Morgan fingerprint density at radius 1 is 1.18 bits per heavy atom. The zero-order valence-corrected chi connectivity index (χ0v) is 15.9. The van der Waals surface area contributed by atoms with Crippen molar-refractivity contribution in [3.8, 4) is 11.3 Å². The first kappa shape index (κ1) is 20.0. The van der Waals surface area contributed by atoms with E-state index < -0.39 is 33.2 Å². The molecule has 0 aliphatic rings. The van der Waals surface area contributed by atoms with Gasteiger partial charge in [-0.15, -0.1) is 0 Å². The second kappa shape index (κ2) is 7.36. The highest BCUT2D eigenvalue weighted by Gasteiger charge is 2.34. The van der Waals surface area contributed by atoms with E-state index in [2.05, 4.69) is 26.1 Å². The van der Waals surface area contributed by atoms with Crippen molar-refractivity contribution in [3.05, 3.63) is 78.9 Å². The highest BCUT2D eigenvalue weighted by atomic mass is 79.9. The number of nitro groups is 1. The lowest BCUT2D eigenvalue weighted by molar-refractivity contribution is -0.385. The van der Waals surface area contributed by atoms with E-state index in [1.807, 2.05) is 0 Å².